The van der Waals surface area contributed by atoms with Gasteiger partial charge < -0.3 is 9.52 Å². The van der Waals surface area contributed by atoms with Crippen LogP contribution < -0.4 is 10.3 Å². The van der Waals surface area contributed by atoms with E-state index in [0.717, 1.165) is 19.3 Å². The smallest absolute Gasteiger partial charge is 0.343 e. The maximum Gasteiger partial charge on any atom is 0.343 e. The van der Waals surface area contributed by atoms with Crippen molar-refractivity contribution in [3.05, 3.63) is 87.0 Å². The highest BCUT2D eigenvalue weighted by Gasteiger charge is 2.27. The predicted octanol–water partition coefficient (Wildman–Crippen LogP) is 4.83. The zero-order chi connectivity index (χ0) is 24.3. The van der Waals surface area contributed by atoms with E-state index in [1.54, 1.807) is 24.3 Å². The minimum Gasteiger partial charge on any atom is -0.507 e. The molecule has 0 aliphatic heterocycles. The largest absolute Gasteiger partial charge is 0.507 e. The van der Waals surface area contributed by atoms with Crippen LogP contribution in [0.4, 0.5) is 5.69 Å². The van der Waals surface area contributed by atoms with Gasteiger partial charge in [-0.3, -0.25) is 4.72 Å². The Morgan fingerprint density at radius 3 is 2.56 bits per heavy atom. The summed E-state index contributed by atoms with van der Waals surface area (Å²) in [6, 6.07) is 14.4. The van der Waals surface area contributed by atoms with Crippen molar-refractivity contribution in [3.8, 4) is 11.8 Å². The third-order valence-corrected chi connectivity index (χ3v) is 7.63. The van der Waals surface area contributed by atoms with E-state index >= 15 is 0 Å². The van der Waals surface area contributed by atoms with Gasteiger partial charge in [-0.15, -0.1) is 0 Å². The van der Waals surface area contributed by atoms with E-state index in [1.165, 1.54) is 24.3 Å². The number of sulfonamides is 1. The summed E-state index contributed by atoms with van der Waals surface area (Å²) in [6.07, 6.45) is 4.69. The first-order valence-electron chi connectivity index (χ1n) is 11.3. The molecule has 7 nitrogen and oxygen atoms in total. The first kappa shape index (κ1) is 23.6. The molecule has 0 amide bonds. The Morgan fingerprint density at radius 1 is 1.12 bits per heavy atom. The maximum atomic E-state index is 12.9. The quantitative estimate of drug-likeness (QED) is 0.490. The predicted molar refractivity (Wildman–Crippen MR) is 128 cm³/mol. The van der Waals surface area contributed by atoms with E-state index in [0.29, 0.717) is 47.4 Å². The minimum atomic E-state index is -3.87. The van der Waals surface area contributed by atoms with E-state index in [9.17, 15) is 18.3 Å². The number of nitrogens with one attached hydrogen (secondary N) is 1. The van der Waals surface area contributed by atoms with Gasteiger partial charge in [-0.1, -0.05) is 25.5 Å². The first-order chi connectivity index (χ1) is 16.3. The lowest BCUT2D eigenvalue weighted by atomic mass is 9.88. The van der Waals surface area contributed by atoms with Gasteiger partial charge in [0.15, 0.2) is 0 Å². The monoisotopic (exact) mass is 478 g/mol. The number of nitrogens with zero attached hydrogens (tertiary/aromatic N) is 1. The molecular formula is C26H26N2O5S. The molecule has 0 saturated carbocycles. The lowest BCUT2D eigenvalue weighted by Gasteiger charge is -2.19. The van der Waals surface area contributed by atoms with E-state index in [2.05, 4.69) is 4.72 Å². The van der Waals surface area contributed by atoms with Gasteiger partial charge in [-0.2, -0.15) is 5.26 Å². The highest BCUT2D eigenvalue weighted by molar-refractivity contribution is 7.92. The molecule has 0 spiro atoms. The number of aromatic hydroxyl groups is 1. The van der Waals surface area contributed by atoms with Gasteiger partial charge in [0.25, 0.3) is 10.0 Å². The Hall–Kier alpha value is -3.57. The van der Waals surface area contributed by atoms with Gasteiger partial charge in [0.1, 0.15) is 11.5 Å². The van der Waals surface area contributed by atoms with Gasteiger partial charge >= 0.3 is 5.63 Å². The van der Waals surface area contributed by atoms with Crippen molar-refractivity contribution in [3.63, 3.8) is 0 Å². The molecule has 1 aliphatic rings. The van der Waals surface area contributed by atoms with E-state index < -0.39 is 21.6 Å². The molecule has 0 fully saturated rings. The van der Waals surface area contributed by atoms with E-state index in [1.807, 2.05) is 13.0 Å². The van der Waals surface area contributed by atoms with Gasteiger partial charge in [0.2, 0.25) is 0 Å². The fourth-order valence-corrected chi connectivity index (χ4v) is 5.55. The highest BCUT2D eigenvalue weighted by Crippen LogP contribution is 2.37. The average Bonchev–Trinajstić information content (AvgIpc) is 3.07. The number of rotatable bonds is 6. The summed E-state index contributed by atoms with van der Waals surface area (Å²) in [5, 5.41) is 20.0. The summed E-state index contributed by atoms with van der Waals surface area (Å²) in [4.78, 5) is 12.9. The van der Waals surface area contributed by atoms with Crippen LogP contribution in [0, 0.1) is 11.3 Å². The van der Waals surface area contributed by atoms with Gasteiger partial charge in [0, 0.05) is 23.6 Å². The second-order valence-corrected chi connectivity index (χ2v) is 10.1. The third-order valence-electron chi connectivity index (χ3n) is 6.24. The number of fused-ring (bicyclic) bond motifs is 1. The standard InChI is InChI=1S/C26H26N2O5S/c1-2-21(24-25(29)22-9-4-3-5-10-23(22)33-26(24)30)18-7-6-8-19(15-18)28-34(31,32)20-13-11-17(16-27)12-14-20/h6-8,11-15,21,28-29H,2-5,9-10H2,1H3. The average molecular weight is 479 g/mol. The normalized spacial score (nSPS) is 14.5. The lowest BCUT2D eigenvalue weighted by Crippen LogP contribution is -2.17. The Balaban J connectivity index is 1.68. The van der Waals surface area contributed by atoms with Gasteiger partial charge in [-0.25, -0.2) is 13.2 Å². The maximum absolute atomic E-state index is 12.9. The molecule has 1 aliphatic carbocycles. The SMILES string of the molecule is CCC(c1cccc(NS(=O)(=O)c2ccc(C#N)cc2)c1)c1c(O)c2c(oc1=O)CCCCC2. The van der Waals surface area contributed by atoms with Crippen LogP contribution in [-0.2, 0) is 22.9 Å². The van der Waals surface area contributed by atoms with Crippen molar-refractivity contribution in [2.24, 2.45) is 0 Å². The molecule has 176 valence electrons. The Bertz CT molecular complexity index is 1400. The number of benzene rings is 2. The molecule has 4 rings (SSSR count). The second-order valence-electron chi connectivity index (χ2n) is 8.44. The molecule has 2 N–H and O–H groups in total. The van der Waals surface area contributed by atoms with Crippen molar-refractivity contribution in [2.75, 3.05) is 4.72 Å². The number of anilines is 1. The Kier molecular flexibility index (Phi) is 6.75. The zero-order valence-electron chi connectivity index (χ0n) is 18.9. The number of aryl methyl sites for hydroxylation is 1. The van der Waals surface area contributed by atoms with Crippen LogP contribution >= 0.6 is 0 Å². The molecule has 8 heteroatoms. The molecule has 1 unspecified atom stereocenters. The topological polar surface area (TPSA) is 120 Å². The van der Waals surface area contributed by atoms with Crippen LogP contribution in [0.2, 0.25) is 0 Å². The highest BCUT2D eigenvalue weighted by atomic mass is 32.2. The van der Waals surface area contributed by atoms with Gasteiger partial charge in [0.05, 0.1) is 22.1 Å². The van der Waals surface area contributed by atoms with Crippen LogP contribution in [0.25, 0.3) is 0 Å². The van der Waals surface area contributed by atoms with Gasteiger partial charge in [-0.05, 0) is 67.6 Å². The van der Waals surface area contributed by atoms with Crippen molar-refractivity contribution in [1.29, 1.82) is 5.26 Å². The molecule has 0 radical (unpaired) electrons. The fourth-order valence-electron chi connectivity index (χ4n) is 4.50. The summed E-state index contributed by atoms with van der Waals surface area (Å²) < 4.78 is 33.8. The molecule has 1 aromatic heterocycles. The van der Waals surface area contributed by atoms with E-state index in [4.69, 9.17) is 9.68 Å². The van der Waals surface area contributed by atoms with Crippen LogP contribution in [-0.4, -0.2) is 13.5 Å². The first-order valence-corrected chi connectivity index (χ1v) is 12.8. The summed E-state index contributed by atoms with van der Waals surface area (Å²) in [6.45, 7) is 1.91. The molecule has 3 aromatic rings. The number of nitriles is 1. The van der Waals surface area contributed by atoms with Crippen LogP contribution in [0.5, 0.6) is 5.75 Å². The molecule has 1 heterocycles. The Morgan fingerprint density at radius 2 is 1.85 bits per heavy atom. The number of hydrogen-bond acceptors (Lipinski definition) is 6. The summed E-state index contributed by atoms with van der Waals surface area (Å²) in [5.74, 6) is 0.121. The van der Waals surface area contributed by atoms with Crippen molar-refractivity contribution < 1.29 is 17.9 Å². The van der Waals surface area contributed by atoms with Crippen LogP contribution in [0.3, 0.4) is 0 Å². The van der Waals surface area contributed by atoms with Crippen molar-refractivity contribution in [2.45, 2.75) is 56.3 Å². The minimum absolute atomic E-state index is 0.00330. The summed E-state index contributed by atoms with van der Waals surface area (Å²) in [7, 11) is -3.87. The van der Waals surface area contributed by atoms with E-state index in [-0.39, 0.29) is 16.2 Å². The number of hydrogen-bond donors (Lipinski definition) is 2. The molecule has 34 heavy (non-hydrogen) atoms. The second kappa shape index (κ2) is 9.74. The van der Waals surface area contributed by atoms with Crippen LogP contribution in [0.1, 0.15) is 66.5 Å². The third kappa shape index (κ3) is 4.70. The molecule has 0 bridgehead atoms. The van der Waals surface area contributed by atoms with Crippen molar-refractivity contribution in [1.82, 2.24) is 0 Å². The molecule has 0 saturated heterocycles. The molecule has 2 aromatic carbocycles. The summed E-state index contributed by atoms with van der Waals surface area (Å²) in [5.41, 5.74) is 1.77. The van der Waals surface area contributed by atoms with Crippen LogP contribution in [0.15, 0.2) is 62.6 Å². The van der Waals surface area contributed by atoms with Crippen molar-refractivity contribution >= 4 is 15.7 Å². The fraction of sp³-hybridized carbons (Fsp3) is 0.308. The summed E-state index contributed by atoms with van der Waals surface area (Å²) >= 11 is 0. The Labute approximate surface area is 198 Å². The molecule has 1 atom stereocenters. The molecular weight excluding hydrogens is 452 g/mol. The lowest BCUT2D eigenvalue weighted by molar-refractivity contribution is 0.398. The zero-order valence-corrected chi connectivity index (χ0v) is 19.7.